The third-order valence-electron chi connectivity index (χ3n) is 6.79. The number of benzene rings is 1. The molecule has 0 aromatic heterocycles. The third-order valence-corrected chi connectivity index (χ3v) is 7.53. The molecule has 1 fully saturated rings. The second kappa shape index (κ2) is 18.7. The van der Waals surface area contributed by atoms with Gasteiger partial charge in [-0.15, -0.1) is 0 Å². The van der Waals surface area contributed by atoms with E-state index in [0.717, 1.165) is 18.6 Å². The van der Waals surface area contributed by atoms with Crippen molar-refractivity contribution in [1.29, 1.82) is 0 Å². The molecule has 1 saturated heterocycles. The van der Waals surface area contributed by atoms with Gasteiger partial charge in [-0.1, -0.05) is 54.1 Å². The van der Waals surface area contributed by atoms with Crippen LogP contribution in [0.3, 0.4) is 0 Å². The van der Waals surface area contributed by atoms with Gasteiger partial charge in [0.15, 0.2) is 0 Å². The van der Waals surface area contributed by atoms with Crippen LogP contribution in [0.5, 0.6) is 0 Å². The first-order chi connectivity index (χ1) is 20.0. The van der Waals surface area contributed by atoms with Crippen molar-refractivity contribution in [3.8, 4) is 0 Å². The monoisotopic (exact) mass is 636 g/mol. The zero-order chi connectivity index (χ0) is 31.1. The molecule has 42 heavy (non-hydrogen) atoms. The third kappa shape index (κ3) is 12.8. The summed E-state index contributed by atoms with van der Waals surface area (Å²) in [7, 11) is 3.24. The van der Waals surface area contributed by atoms with Crippen LogP contribution < -0.4 is 0 Å². The average molecular weight is 638 g/mol. The van der Waals surface area contributed by atoms with Gasteiger partial charge in [-0.05, 0) is 36.6 Å². The normalized spacial score (nSPS) is 17.2. The molecular formula is C30H41Cl2F3N2O5. The Bertz CT molecular complexity index is 1070. The van der Waals surface area contributed by atoms with Gasteiger partial charge in [0.2, 0.25) is 5.91 Å². The number of halogens is 5. The Morgan fingerprint density at radius 2 is 1.79 bits per heavy atom. The van der Waals surface area contributed by atoms with E-state index in [1.807, 2.05) is 0 Å². The molecule has 0 aliphatic carbocycles. The van der Waals surface area contributed by atoms with Crippen LogP contribution in [0, 0.1) is 0 Å². The predicted octanol–water partition coefficient (Wildman–Crippen LogP) is 5.75. The maximum atomic E-state index is 13.3. The van der Waals surface area contributed by atoms with E-state index in [2.05, 4.69) is 11.5 Å². The summed E-state index contributed by atoms with van der Waals surface area (Å²) in [6, 6.07) is 4.39. The largest absolute Gasteiger partial charge is 0.416 e. The molecule has 1 heterocycles. The van der Waals surface area contributed by atoms with Crippen molar-refractivity contribution in [2.24, 2.45) is 0 Å². The summed E-state index contributed by atoms with van der Waals surface area (Å²) in [4.78, 5) is 16.9. The van der Waals surface area contributed by atoms with E-state index in [0.29, 0.717) is 80.5 Å². The molecule has 0 radical (unpaired) electrons. The Hall–Kier alpha value is -1.92. The van der Waals surface area contributed by atoms with Crippen molar-refractivity contribution in [2.75, 3.05) is 73.4 Å². The molecule has 0 spiro atoms. The lowest BCUT2D eigenvalue weighted by Gasteiger charge is -2.32. The second-order valence-corrected chi connectivity index (χ2v) is 10.7. The van der Waals surface area contributed by atoms with E-state index in [9.17, 15) is 18.0 Å². The molecule has 7 nitrogen and oxygen atoms in total. The number of rotatable bonds is 18. The Balaban J connectivity index is 1.99. The van der Waals surface area contributed by atoms with Crippen LogP contribution in [-0.2, 0) is 30.2 Å². The van der Waals surface area contributed by atoms with Crippen LogP contribution in [0.15, 0.2) is 54.2 Å². The molecule has 0 N–H and O–H groups in total. The van der Waals surface area contributed by atoms with Crippen LogP contribution >= 0.6 is 23.2 Å². The minimum atomic E-state index is -4.49. The van der Waals surface area contributed by atoms with Gasteiger partial charge < -0.3 is 23.8 Å². The van der Waals surface area contributed by atoms with Crippen LogP contribution in [-0.4, -0.2) is 107 Å². The Morgan fingerprint density at radius 3 is 2.40 bits per heavy atom. The summed E-state index contributed by atoms with van der Waals surface area (Å²) in [5, 5.41) is 0.717. The number of ether oxygens (including phenoxy) is 4. The summed E-state index contributed by atoms with van der Waals surface area (Å²) in [6.07, 6.45) is -0.357. The van der Waals surface area contributed by atoms with Crippen LogP contribution in [0.25, 0.3) is 0 Å². The van der Waals surface area contributed by atoms with Gasteiger partial charge >= 0.3 is 6.18 Å². The number of likely N-dealkylation sites (tertiary alicyclic amines) is 1. The second-order valence-electron chi connectivity index (χ2n) is 9.85. The number of alkyl halides is 3. The highest BCUT2D eigenvalue weighted by molar-refractivity contribution is 6.42. The summed E-state index contributed by atoms with van der Waals surface area (Å²) in [6.45, 7) is 9.95. The molecule has 0 unspecified atom stereocenters. The zero-order valence-corrected chi connectivity index (χ0v) is 25.9. The highest BCUT2D eigenvalue weighted by Crippen LogP contribution is 2.28. The van der Waals surface area contributed by atoms with Crippen LogP contribution in [0.4, 0.5) is 13.2 Å². The fourth-order valence-corrected chi connectivity index (χ4v) is 4.68. The van der Waals surface area contributed by atoms with E-state index in [1.165, 1.54) is 17.9 Å². The standard InChI is InChI=1S/C30H41Cl2F3N2O5/c1-5-24(30(33,34)35)8-6-22(2)28(36(3)29(38)19-23-7-9-26(31)27(32)18-23)21-37-11-10-25(20-37)42-17-16-41-15-14-40-13-12-39-4/h5-9,18,25,28H,2,10-17,19-21H2,1,3-4H3/b8-6-,24-5+/t25-,28+/m0/s1. The Kier molecular flexibility index (Phi) is 16.1. The highest BCUT2D eigenvalue weighted by Gasteiger charge is 2.32. The van der Waals surface area contributed by atoms with Crippen LogP contribution in [0.1, 0.15) is 18.9 Å². The lowest BCUT2D eigenvalue weighted by Crippen LogP contribution is -2.46. The first-order valence-electron chi connectivity index (χ1n) is 13.7. The molecule has 1 aromatic rings. The van der Waals surface area contributed by atoms with Gasteiger partial charge in [0, 0.05) is 33.8 Å². The van der Waals surface area contributed by atoms with Crippen molar-refractivity contribution in [1.82, 2.24) is 9.80 Å². The van der Waals surface area contributed by atoms with Crippen LogP contribution in [0.2, 0.25) is 10.0 Å². The quantitative estimate of drug-likeness (QED) is 0.151. The number of hydrogen-bond donors (Lipinski definition) is 0. The van der Waals surface area contributed by atoms with E-state index < -0.39 is 17.8 Å². The number of nitrogens with zero attached hydrogens (tertiary/aromatic N) is 2. The maximum Gasteiger partial charge on any atom is 0.416 e. The predicted molar refractivity (Wildman–Crippen MR) is 159 cm³/mol. The summed E-state index contributed by atoms with van der Waals surface area (Å²) in [5.41, 5.74) is 0.271. The molecule has 2 atom stereocenters. The Labute approximate surface area is 256 Å². The number of hydrogen-bond acceptors (Lipinski definition) is 6. The Morgan fingerprint density at radius 1 is 1.12 bits per heavy atom. The van der Waals surface area contributed by atoms with Gasteiger partial charge in [-0.2, -0.15) is 13.2 Å². The summed E-state index contributed by atoms with van der Waals surface area (Å²) >= 11 is 12.1. The van der Waals surface area contributed by atoms with Gasteiger partial charge in [0.25, 0.3) is 0 Å². The number of likely N-dealkylation sites (N-methyl/N-ethyl adjacent to an activating group) is 1. The molecule has 2 rings (SSSR count). The summed E-state index contributed by atoms with van der Waals surface area (Å²) < 4.78 is 61.6. The van der Waals surface area contributed by atoms with E-state index in [4.69, 9.17) is 42.1 Å². The maximum absolute atomic E-state index is 13.3. The number of methoxy groups -OCH3 is 1. The first-order valence-corrected chi connectivity index (χ1v) is 14.5. The molecular weight excluding hydrogens is 596 g/mol. The molecule has 0 saturated carbocycles. The van der Waals surface area contributed by atoms with E-state index in [1.54, 1.807) is 32.4 Å². The van der Waals surface area contributed by atoms with Crippen molar-refractivity contribution in [2.45, 2.75) is 38.1 Å². The number of carbonyl (C=O) groups excluding carboxylic acids is 1. The lowest BCUT2D eigenvalue weighted by atomic mass is 10.0. The van der Waals surface area contributed by atoms with Gasteiger partial charge in [-0.25, -0.2) is 0 Å². The zero-order valence-electron chi connectivity index (χ0n) is 24.4. The lowest BCUT2D eigenvalue weighted by molar-refractivity contribution is -0.130. The highest BCUT2D eigenvalue weighted by atomic mass is 35.5. The molecule has 1 aliphatic rings. The molecule has 1 aromatic carbocycles. The van der Waals surface area contributed by atoms with Crippen molar-refractivity contribution < 1.29 is 36.9 Å². The van der Waals surface area contributed by atoms with Crippen molar-refractivity contribution in [3.05, 3.63) is 69.8 Å². The van der Waals surface area contributed by atoms with Gasteiger partial charge in [0.05, 0.1) is 73.8 Å². The fourth-order valence-electron chi connectivity index (χ4n) is 4.35. The smallest absolute Gasteiger partial charge is 0.382 e. The average Bonchev–Trinajstić information content (AvgIpc) is 3.39. The van der Waals surface area contributed by atoms with Crippen molar-refractivity contribution >= 4 is 29.1 Å². The molecule has 12 heteroatoms. The molecule has 1 aliphatic heterocycles. The minimum absolute atomic E-state index is 0.0203. The molecule has 236 valence electrons. The topological polar surface area (TPSA) is 60.5 Å². The van der Waals surface area contributed by atoms with E-state index in [-0.39, 0.29) is 18.4 Å². The molecule has 0 bridgehead atoms. The SMILES string of the molecule is C=C(/C=C\C(=C/C)C(F)(F)F)[C@@H](CN1CC[C@H](OCCOCCOCCOC)C1)N(C)C(=O)Cc1ccc(Cl)c(Cl)c1. The first kappa shape index (κ1) is 36.3. The summed E-state index contributed by atoms with van der Waals surface area (Å²) in [5.74, 6) is -0.231. The van der Waals surface area contributed by atoms with Gasteiger partial charge in [0.1, 0.15) is 0 Å². The fraction of sp³-hybridized carbons (Fsp3) is 0.567. The van der Waals surface area contributed by atoms with E-state index >= 15 is 0 Å². The number of amides is 1. The minimum Gasteiger partial charge on any atom is -0.382 e. The number of carbonyl (C=O) groups is 1. The molecule has 1 amide bonds. The number of allylic oxidation sites excluding steroid dienone is 3. The van der Waals surface area contributed by atoms with Crippen molar-refractivity contribution in [3.63, 3.8) is 0 Å². The van der Waals surface area contributed by atoms with Gasteiger partial charge in [-0.3, -0.25) is 9.69 Å².